The zero-order valence-electron chi connectivity index (χ0n) is 22.8. The lowest BCUT2D eigenvalue weighted by Crippen LogP contribution is -2.70. The predicted octanol–water partition coefficient (Wildman–Crippen LogP) is 4.24. The lowest BCUT2D eigenvalue weighted by Gasteiger charge is -2.50. The van der Waals surface area contributed by atoms with Crippen LogP contribution >= 0.6 is 22.7 Å². The second-order valence-electron chi connectivity index (χ2n) is 9.87. The van der Waals surface area contributed by atoms with Gasteiger partial charge in [0.05, 0.1) is 19.7 Å². The van der Waals surface area contributed by atoms with Crippen molar-refractivity contribution < 1.29 is 28.3 Å². The number of allylic oxidation sites excluding steroid dienone is 2. The van der Waals surface area contributed by atoms with E-state index in [9.17, 15) is 14.4 Å². The zero-order valence-corrected chi connectivity index (χ0v) is 24.5. The number of nitrogens with one attached hydrogen (secondary N) is 1. The zero-order chi connectivity index (χ0) is 29.1. The van der Waals surface area contributed by atoms with Crippen LogP contribution < -0.4 is 10.1 Å². The number of thioether (sulfide) groups is 1. The highest BCUT2D eigenvalue weighted by Gasteiger charge is 2.54. The molecular formula is C31H29N3O6S2. The molecule has 0 aliphatic carbocycles. The number of carbonyl (C=O) groups excluding carboxylic acids is 3. The number of thiol groups is 1. The highest BCUT2D eigenvalue weighted by molar-refractivity contribution is 8.26. The topological polar surface area (TPSA) is 111 Å². The van der Waals surface area contributed by atoms with Crippen LogP contribution in [0.25, 0.3) is 0 Å². The molecule has 0 saturated carbocycles. The third-order valence-corrected chi connectivity index (χ3v) is 10.7. The van der Waals surface area contributed by atoms with Crippen molar-refractivity contribution in [2.24, 2.45) is 0 Å². The van der Waals surface area contributed by atoms with Gasteiger partial charge >= 0.3 is 5.97 Å². The van der Waals surface area contributed by atoms with E-state index in [-0.39, 0.29) is 35.9 Å². The van der Waals surface area contributed by atoms with Crippen molar-refractivity contribution in [3.8, 4) is 5.75 Å². The minimum Gasteiger partial charge on any atom is -0.497 e. The highest BCUT2D eigenvalue weighted by atomic mass is 32.2. The molecule has 3 aliphatic heterocycles. The van der Waals surface area contributed by atoms with Gasteiger partial charge < -0.3 is 19.2 Å². The number of amides is 2. The third kappa shape index (κ3) is 5.88. The Balaban J connectivity index is 1.21. The van der Waals surface area contributed by atoms with Crippen LogP contribution in [0.2, 0.25) is 0 Å². The maximum atomic E-state index is 13.7. The third-order valence-electron chi connectivity index (χ3n) is 7.10. The van der Waals surface area contributed by atoms with Crippen LogP contribution in [0.3, 0.4) is 0 Å². The Labute approximate surface area is 250 Å². The monoisotopic (exact) mass is 603 g/mol. The second kappa shape index (κ2) is 12.3. The molecule has 0 radical (unpaired) electrons. The van der Waals surface area contributed by atoms with Crippen molar-refractivity contribution in [1.29, 1.82) is 0 Å². The Morgan fingerprint density at radius 2 is 1.95 bits per heavy atom. The van der Waals surface area contributed by atoms with Crippen LogP contribution in [0, 0.1) is 0 Å². The summed E-state index contributed by atoms with van der Waals surface area (Å²) < 4.78 is 16.4. The van der Waals surface area contributed by atoms with E-state index in [2.05, 4.69) is 21.1 Å². The van der Waals surface area contributed by atoms with Crippen molar-refractivity contribution in [2.45, 2.75) is 30.9 Å². The molecule has 2 amide bonds. The molecule has 2 unspecified atom stereocenters. The molecule has 1 fully saturated rings. The number of oxazole rings is 1. The van der Waals surface area contributed by atoms with Crippen LogP contribution in [0.1, 0.15) is 17.0 Å². The molecule has 42 heavy (non-hydrogen) atoms. The molecule has 216 valence electrons. The maximum Gasteiger partial charge on any atom is 0.356 e. The summed E-state index contributed by atoms with van der Waals surface area (Å²) in [5, 5.41) is 6.69. The van der Waals surface area contributed by atoms with Gasteiger partial charge in [-0.2, -0.15) is 10.9 Å². The summed E-state index contributed by atoms with van der Waals surface area (Å²) in [5.41, 5.74) is 2.97. The highest BCUT2D eigenvalue weighted by Crippen LogP contribution is 2.52. The van der Waals surface area contributed by atoms with Gasteiger partial charge in [-0.15, -0.1) is 11.8 Å². The number of aromatic nitrogens is 1. The number of ether oxygens (including phenoxy) is 2. The van der Waals surface area contributed by atoms with Gasteiger partial charge in [-0.05, 0) is 39.6 Å². The molecule has 0 bridgehead atoms. The average Bonchev–Trinajstić information content (AvgIpc) is 3.71. The van der Waals surface area contributed by atoms with E-state index >= 15 is 0 Å². The van der Waals surface area contributed by atoms with Crippen molar-refractivity contribution in [3.05, 3.63) is 117 Å². The minimum atomic E-state index is -0.975. The quantitative estimate of drug-likeness (QED) is 0.201. The molecule has 1 aromatic heterocycles. The van der Waals surface area contributed by atoms with Gasteiger partial charge in [-0.3, -0.25) is 14.5 Å². The van der Waals surface area contributed by atoms with Gasteiger partial charge in [-0.1, -0.05) is 48.5 Å². The predicted molar refractivity (Wildman–Crippen MR) is 161 cm³/mol. The number of β-lactam (4-membered cyclic amide) rings is 1. The maximum absolute atomic E-state index is 13.7. The van der Waals surface area contributed by atoms with Crippen molar-refractivity contribution in [1.82, 2.24) is 15.2 Å². The molecule has 9 nitrogen and oxygen atoms in total. The number of methoxy groups -OCH3 is 1. The Hall–Kier alpha value is -4.22. The van der Waals surface area contributed by atoms with E-state index in [0.717, 1.165) is 21.6 Å². The first kappa shape index (κ1) is 27.9. The number of esters is 1. The van der Waals surface area contributed by atoms with Crippen LogP contribution in [0.4, 0.5) is 0 Å². The normalized spacial score (nSPS) is 21.8. The standard InChI is InChI=1S/C31H29N3O6S2/c1-38-23-9-7-21(8-10-23)17-40-31(37)28-24(42-14-11-22(19-42)16-26-32-12-13-39-26)18-41-30-27(29(36)34(28)30)33-25(35)15-20-5-3-2-4-6-20/h2-14,19,27,30,42H,15-18H2,1H3,(H,33,35)/t27-,30?/m1/s1. The summed E-state index contributed by atoms with van der Waals surface area (Å²) in [4.78, 5) is 46.5. The molecule has 11 heteroatoms. The van der Waals surface area contributed by atoms with Crippen LogP contribution in [-0.2, 0) is 38.6 Å². The minimum absolute atomic E-state index is 0.0513. The molecule has 3 aliphatic rings. The number of hydrogen-bond acceptors (Lipinski definition) is 8. The first-order valence-corrected chi connectivity index (χ1v) is 15.9. The molecule has 3 aromatic rings. The van der Waals surface area contributed by atoms with Crippen molar-refractivity contribution >= 4 is 40.4 Å². The molecular weight excluding hydrogens is 574 g/mol. The van der Waals surface area contributed by atoms with Gasteiger partial charge in [-0.25, -0.2) is 9.78 Å². The Morgan fingerprint density at radius 3 is 2.69 bits per heavy atom. The van der Waals surface area contributed by atoms with Gasteiger partial charge in [0, 0.05) is 17.1 Å². The van der Waals surface area contributed by atoms with E-state index in [1.54, 1.807) is 43.5 Å². The number of fused-ring (bicyclic) bond motifs is 1. The van der Waals surface area contributed by atoms with Gasteiger partial charge in [0.1, 0.15) is 35.7 Å². The molecule has 4 heterocycles. The molecule has 3 atom stereocenters. The lowest BCUT2D eigenvalue weighted by molar-refractivity contribution is -0.153. The van der Waals surface area contributed by atoms with Crippen molar-refractivity contribution in [3.63, 3.8) is 0 Å². The number of nitrogens with zero attached hydrogens (tertiary/aromatic N) is 2. The van der Waals surface area contributed by atoms with E-state index in [1.807, 2.05) is 48.5 Å². The number of hydrogen-bond donors (Lipinski definition) is 2. The van der Waals surface area contributed by atoms with Crippen molar-refractivity contribution in [2.75, 3.05) is 12.9 Å². The second-order valence-corrected chi connectivity index (χ2v) is 12.9. The van der Waals surface area contributed by atoms with E-state index < -0.39 is 22.9 Å². The van der Waals surface area contributed by atoms with E-state index in [1.165, 1.54) is 4.90 Å². The first-order chi connectivity index (χ1) is 20.5. The Bertz CT molecular complexity index is 1570. The Kier molecular flexibility index (Phi) is 8.20. The summed E-state index contributed by atoms with van der Waals surface area (Å²) in [6.07, 6.45) is 5.89. The average molecular weight is 604 g/mol. The molecule has 6 rings (SSSR count). The fraction of sp³-hybridized carbons (Fsp3) is 0.226. The summed E-state index contributed by atoms with van der Waals surface area (Å²) in [6.45, 7) is 0.0513. The SMILES string of the molecule is COc1ccc(COC(=O)C2=C([SH]3C=CC(Cc4ncco4)=C3)CSC3[C@H](NC(=O)Cc4ccccc4)C(=O)N23)cc1. The van der Waals surface area contributed by atoms with E-state index in [4.69, 9.17) is 13.9 Å². The summed E-state index contributed by atoms with van der Waals surface area (Å²) in [6, 6.07) is 15.9. The fourth-order valence-electron chi connectivity index (χ4n) is 4.96. The first-order valence-electron chi connectivity index (χ1n) is 13.4. The van der Waals surface area contributed by atoms with E-state index in [0.29, 0.717) is 23.8 Å². The largest absolute Gasteiger partial charge is 0.497 e. The molecule has 0 spiro atoms. The molecule has 1 saturated heterocycles. The molecule has 1 N–H and O–H groups in total. The van der Waals surface area contributed by atoms with Gasteiger partial charge in [0.2, 0.25) is 5.91 Å². The van der Waals surface area contributed by atoms with Crippen LogP contribution in [-0.4, -0.2) is 51.9 Å². The number of carbonyl (C=O) groups is 3. The summed E-state index contributed by atoms with van der Waals surface area (Å²) >= 11 is 1.55. The smallest absolute Gasteiger partial charge is 0.356 e. The van der Waals surface area contributed by atoms with Gasteiger partial charge in [0.25, 0.3) is 5.91 Å². The van der Waals surface area contributed by atoms with Crippen LogP contribution in [0.5, 0.6) is 5.75 Å². The lowest BCUT2D eigenvalue weighted by atomic mass is 10.0. The van der Waals surface area contributed by atoms with Gasteiger partial charge in [0.15, 0.2) is 5.89 Å². The summed E-state index contributed by atoms with van der Waals surface area (Å²) in [7, 11) is 0.615. The number of rotatable bonds is 10. The fourth-order valence-corrected chi connectivity index (χ4v) is 8.74. The summed E-state index contributed by atoms with van der Waals surface area (Å²) in [5.74, 6) is 0.743. The Morgan fingerprint density at radius 1 is 1.14 bits per heavy atom. The molecule has 2 aromatic carbocycles. The number of benzene rings is 2. The van der Waals surface area contributed by atoms with Crippen LogP contribution in [0.15, 0.2) is 105 Å².